The second-order valence-electron chi connectivity index (χ2n) is 3.56. The van der Waals surface area contributed by atoms with Crippen molar-refractivity contribution >= 4 is 22.6 Å². The molecule has 1 heterocycles. The monoisotopic (exact) mass is 337 g/mol. The molecule has 5 nitrogen and oxygen atoms in total. The Morgan fingerprint density at radius 3 is 3.00 bits per heavy atom. The molecule has 1 atom stereocenters. The molecule has 1 rings (SSSR count). The molecule has 90 valence electrons. The van der Waals surface area contributed by atoms with Gasteiger partial charge >= 0.3 is 0 Å². The molecule has 1 aromatic rings. The average molecular weight is 337 g/mol. The number of aryl methyl sites for hydroxylation is 1. The summed E-state index contributed by atoms with van der Waals surface area (Å²) >= 11 is 1.98. The molecule has 0 bridgehead atoms. The van der Waals surface area contributed by atoms with Gasteiger partial charge in [0.05, 0.1) is 28.2 Å². The molecular weight excluding hydrogens is 321 g/mol. The van der Waals surface area contributed by atoms with E-state index in [0.717, 1.165) is 12.2 Å². The number of rotatable bonds is 5. The highest BCUT2D eigenvalue weighted by Crippen LogP contribution is 2.01. The van der Waals surface area contributed by atoms with E-state index in [-0.39, 0.29) is 12.1 Å². The van der Waals surface area contributed by atoms with Crippen LogP contribution in [0.3, 0.4) is 0 Å². The maximum absolute atomic E-state index is 11.8. The Morgan fingerprint density at radius 2 is 2.38 bits per heavy atom. The Bertz CT molecular complexity index is 406. The maximum atomic E-state index is 11.8. The highest BCUT2D eigenvalue weighted by molar-refractivity contribution is 14.1. The Hall–Kier alpha value is -0.470. The molecule has 0 spiro atoms. The van der Waals surface area contributed by atoms with E-state index in [1.807, 2.05) is 29.5 Å². The van der Waals surface area contributed by atoms with Crippen molar-refractivity contribution in [3.63, 3.8) is 0 Å². The summed E-state index contributed by atoms with van der Waals surface area (Å²) in [6.07, 6.45) is 0.910. The van der Waals surface area contributed by atoms with Crippen molar-refractivity contribution in [2.75, 3.05) is 13.1 Å². The summed E-state index contributed by atoms with van der Waals surface area (Å²) < 4.78 is 2.05. The predicted octanol–water partition coefficient (Wildman–Crippen LogP) is 0.127. The lowest BCUT2D eigenvalue weighted by atomic mass is 10.3. The van der Waals surface area contributed by atoms with Crippen LogP contribution in [-0.2, 0) is 6.54 Å². The second-order valence-corrected chi connectivity index (χ2v) is 4.64. The number of hydrogen-bond donors (Lipinski definition) is 2. The number of nitrogens with zero attached hydrogens (tertiary/aromatic N) is 2. The smallest absolute Gasteiger partial charge is 0.267 e. The van der Waals surface area contributed by atoms with Gasteiger partial charge in [0.1, 0.15) is 0 Å². The molecule has 1 unspecified atom stereocenters. The number of aromatic nitrogens is 2. The number of aliphatic hydroxyl groups excluding tert-OH is 1. The van der Waals surface area contributed by atoms with Crippen LogP contribution in [0.4, 0.5) is 0 Å². The summed E-state index contributed by atoms with van der Waals surface area (Å²) in [5.74, 6) is 0. The highest BCUT2D eigenvalue weighted by atomic mass is 127. The fourth-order valence-electron chi connectivity index (χ4n) is 1.28. The van der Waals surface area contributed by atoms with Crippen molar-refractivity contribution in [1.29, 1.82) is 0 Å². The largest absolute Gasteiger partial charge is 0.390 e. The molecule has 16 heavy (non-hydrogen) atoms. The van der Waals surface area contributed by atoms with E-state index in [1.54, 1.807) is 6.92 Å². The molecule has 0 fully saturated rings. The van der Waals surface area contributed by atoms with E-state index < -0.39 is 6.10 Å². The lowest BCUT2D eigenvalue weighted by Gasteiger charge is -2.13. The van der Waals surface area contributed by atoms with Crippen LogP contribution >= 0.6 is 22.6 Å². The molecule has 0 saturated heterocycles. The van der Waals surface area contributed by atoms with Crippen molar-refractivity contribution < 1.29 is 5.11 Å². The molecule has 2 N–H and O–H groups in total. The van der Waals surface area contributed by atoms with Crippen LogP contribution < -0.4 is 10.9 Å². The molecular formula is C10H16IN3O2. The molecule has 0 saturated carbocycles. The summed E-state index contributed by atoms with van der Waals surface area (Å²) in [4.78, 5) is 15.9. The van der Waals surface area contributed by atoms with Gasteiger partial charge in [0, 0.05) is 6.54 Å². The molecule has 0 aliphatic carbocycles. The third-order valence-electron chi connectivity index (χ3n) is 2.19. The molecule has 0 aromatic carbocycles. The van der Waals surface area contributed by atoms with Crippen LogP contribution in [0.2, 0.25) is 0 Å². The van der Waals surface area contributed by atoms with E-state index >= 15 is 0 Å². The zero-order valence-corrected chi connectivity index (χ0v) is 11.6. The van der Waals surface area contributed by atoms with Crippen molar-refractivity contribution in [3.8, 4) is 0 Å². The van der Waals surface area contributed by atoms with E-state index in [9.17, 15) is 9.90 Å². The minimum Gasteiger partial charge on any atom is -0.390 e. The molecule has 6 heteroatoms. The van der Waals surface area contributed by atoms with Crippen molar-refractivity contribution in [3.05, 3.63) is 25.9 Å². The van der Waals surface area contributed by atoms with Gasteiger partial charge in [-0.05, 0) is 36.1 Å². The molecule has 0 amide bonds. The highest BCUT2D eigenvalue weighted by Gasteiger charge is 2.09. The number of halogens is 1. The first-order chi connectivity index (χ1) is 7.56. The first-order valence-corrected chi connectivity index (χ1v) is 6.24. The third kappa shape index (κ3) is 3.53. The van der Waals surface area contributed by atoms with Gasteiger partial charge in [-0.3, -0.25) is 9.36 Å². The molecule has 0 aliphatic heterocycles. The van der Waals surface area contributed by atoms with Gasteiger partial charge in [0.25, 0.3) is 5.56 Å². The van der Waals surface area contributed by atoms with Crippen LogP contribution in [0.15, 0.2) is 11.1 Å². The summed E-state index contributed by atoms with van der Waals surface area (Å²) in [5, 5.41) is 12.7. The van der Waals surface area contributed by atoms with Gasteiger partial charge in [-0.25, -0.2) is 4.98 Å². The number of aliphatic hydroxyl groups is 1. The van der Waals surface area contributed by atoms with Gasteiger partial charge in [0.15, 0.2) is 0 Å². The number of nitrogens with one attached hydrogen (secondary N) is 1. The lowest BCUT2D eigenvalue weighted by Crippen LogP contribution is -2.34. The topological polar surface area (TPSA) is 67.2 Å². The Morgan fingerprint density at radius 1 is 1.69 bits per heavy atom. The predicted molar refractivity (Wildman–Crippen MR) is 70.5 cm³/mol. The molecule has 0 radical (unpaired) electrons. The van der Waals surface area contributed by atoms with Crippen LogP contribution in [0.5, 0.6) is 0 Å². The quantitative estimate of drug-likeness (QED) is 0.750. The Labute approximate surface area is 108 Å². The summed E-state index contributed by atoms with van der Waals surface area (Å²) in [6, 6.07) is 0. The van der Waals surface area contributed by atoms with Crippen LogP contribution in [0, 0.1) is 10.5 Å². The standard InChI is InChI=1S/C10H16IN3O2/c1-3-12-4-8(15)5-14-6-13-7(2)9(11)10(14)16/h6,8,12,15H,3-5H2,1-2H3. The zero-order chi connectivity index (χ0) is 12.1. The first-order valence-electron chi connectivity index (χ1n) is 5.16. The number of likely N-dealkylation sites (N-methyl/N-ethyl adjacent to an activating group) is 1. The van der Waals surface area contributed by atoms with Gasteiger partial charge in [-0.1, -0.05) is 6.92 Å². The minimum absolute atomic E-state index is 0.0938. The second kappa shape index (κ2) is 6.31. The minimum atomic E-state index is -0.571. The normalized spacial score (nSPS) is 12.8. The van der Waals surface area contributed by atoms with Gasteiger partial charge in [-0.15, -0.1) is 0 Å². The van der Waals surface area contributed by atoms with E-state index in [0.29, 0.717) is 10.1 Å². The summed E-state index contributed by atoms with van der Waals surface area (Å²) in [6.45, 7) is 5.32. The van der Waals surface area contributed by atoms with Crippen LogP contribution in [0.1, 0.15) is 12.6 Å². The lowest BCUT2D eigenvalue weighted by molar-refractivity contribution is 0.150. The fourth-order valence-corrected chi connectivity index (χ4v) is 1.73. The van der Waals surface area contributed by atoms with Gasteiger partial charge < -0.3 is 10.4 Å². The summed E-state index contributed by atoms with van der Waals surface area (Å²) in [5.41, 5.74) is 0.631. The van der Waals surface area contributed by atoms with Crippen LogP contribution in [-0.4, -0.2) is 33.9 Å². The fraction of sp³-hybridized carbons (Fsp3) is 0.600. The van der Waals surface area contributed by atoms with Crippen molar-refractivity contribution in [2.45, 2.75) is 26.5 Å². The van der Waals surface area contributed by atoms with Crippen molar-refractivity contribution in [2.24, 2.45) is 0 Å². The van der Waals surface area contributed by atoms with E-state index in [1.165, 1.54) is 10.9 Å². The number of hydrogen-bond acceptors (Lipinski definition) is 4. The van der Waals surface area contributed by atoms with Gasteiger partial charge in [0.2, 0.25) is 0 Å². The van der Waals surface area contributed by atoms with Crippen molar-refractivity contribution in [1.82, 2.24) is 14.9 Å². The SMILES string of the molecule is CCNCC(O)Cn1cnc(C)c(I)c1=O. The average Bonchev–Trinajstić information content (AvgIpc) is 2.27. The van der Waals surface area contributed by atoms with E-state index in [4.69, 9.17) is 0 Å². The van der Waals surface area contributed by atoms with Gasteiger partial charge in [-0.2, -0.15) is 0 Å². The molecule has 0 aliphatic rings. The first kappa shape index (κ1) is 13.6. The van der Waals surface area contributed by atoms with E-state index in [2.05, 4.69) is 10.3 Å². The maximum Gasteiger partial charge on any atom is 0.267 e. The Balaban J connectivity index is 2.75. The summed E-state index contributed by atoms with van der Waals surface area (Å²) in [7, 11) is 0. The third-order valence-corrected chi connectivity index (χ3v) is 3.44. The molecule has 1 aromatic heterocycles. The Kier molecular flexibility index (Phi) is 5.36. The van der Waals surface area contributed by atoms with Crippen LogP contribution in [0.25, 0.3) is 0 Å². The zero-order valence-electron chi connectivity index (χ0n) is 9.40.